The minimum absolute atomic E-state index is 0. The second-order valence-electron chi connectivity index (χ2n) is 5.95. The summed E-state index contributed by atoms with van der Waals surface area (Å²) in [5.41, 5.74) is 0. The number of hydrogen-bond donors (Lipinski definition) is 2. The minimum Gasteiger partial charge on any atom is -0.354 e. The fourth-order valence-electron chi connectivity index (χ4n) is 2.86. The number of nitrogens with zero attached hydrogens (tertiary/aromatic N) is 4. The highest BCUT2D eigenvalue weighted by atomic mass is 127. The van der Waals surface area contributed by atoms with Gasteiger partial charge in [-0.2, -0.15) is 5.10 Å². The van der Waals surface area contributed by atoms with Gasteiger partial charge in [0.2, 0.25) is 0 Å². The van der Waals surface area contributed by atoms with Crippen LogP contribution >= 0.6 is 24.0 Å². The molecule has 2 N–H and O–H groups in total. The maximum absolute atomic E-state index is 4.57. The first-order chi connectivity index (χ1) is 10.3. The normalized spacial score (nSPS) is 21.5. The molecular formula is C15H27IN6. The van der Waals surface area contributed by atoms with Crippen LogP contribution in [0.4, 0.5) is 0 Å². The van der Waals surface area contributed by atoms with Crippen molar-refractivity contribution in [3.63, 3.8) is 0 Å². The van der Waals surface area contributed by atoms with Crippen molar-refractivity contribution in [1.29, 1.82) is 0 Å². The third kappa shape index (κ3) is 4.11. The van der Waals surface area contributed by atoms with Gasteiger partial charge < -0.3 is 10.6 Å². The Bertz CT molecular complexity index is 508. The summed E-state index contributed by atoms with van der Waals surface area (Å²) in [4.78, 5) is 9.13. The molecule has 124 valence electrons. The summed E-state index contributed by atoms with van der Waals surface area (Å²) in [6.45, 7) is 5.88. The molecule has 1 aromatic rings. The molecule has 0 amide bonds. The number of aliphatic imine (C=N–C) groups is 1. The number of aromatic nitrogens is 3. The van der Waals surface area contributed by atoms with Crippen molar-refractivity contribution in [3.05, 3.63) is 11.6 Å². The fourth-order valence-corrected chi connectivity index (χ4v) is 2.86. The molecule has 1 aliphatic heterocycles. The molecule has 1 fully saturated rings. The first-order valence-corrected chi connectivity index (χ1v) is 8.28. The van der Waals surface area contributed by atoms with Gasteiger partial charge in [-0.25, -0.2) is 9.67 Å². The smallest absolute Gasteiger partial charge is 0.191 e. The molecule has 1 aliphatic carbocycles. The van der Waals surface area contributed by atoms with Crippen molar-refractivity contribution >= 4 is 29.9 Å². The predicted molar refractivity (Wildman–Crippen MR) is 98.8 cm³/mol. The van der Waals surface area contributed by atoms with Gasteiger partial charge in [-0.1, -0.05) is 6.92 Å². The molecular weight excluding hydrogens is 391 g/mol. The molecule has 7 heteroatoms. The lowest BCUT2D eigenvalue weighted by atomic mass is 9.93. The highest BCUT2D eigenvalue weighted by molar-refractivity contribution is 14.0. The van der Waals surface area contributed by atoms with Crippen LogP contribution in [-0.2, 0) is 19.4 Å². The Labute approximate surface area is 149 Å². The molecule has 1 unspecified atom stereocenters. The van der Waals surface area contributed by atoms with Crippen LogP contribution in [0.3, 0.4) is 0 Å². The number of hydrogen-bond acceptors (Lipinski definition) is 3. The van der Waals surface area contributed by atoms with Crippen LogP contribution in [0.25, 0.3) is 0 Å². The third-order valence-corrected chi connectivity index (χ3v) is 4.32. The van der Waals surface area contributed by atoms with Crippen molar-refractivity contribution in [2.24, 2.45) is 4.99 Å². The molecule has 3 rings (SSSR count). The molecule has 0 spiro atoms. The van der Waals surface area contributed by atoms with E-state index >= 15 is 0 Å². The van der Waals surface area contributed by atoms with Crippen LogP contribution in [0.2, 0.25) is 0 Å². The van der Waals surface area contributed by atoms with E-state index in [9.17, 15) is 0 Å². The standard InChI is InChI=1S/C15H26N6.HI/c1-3-13-19-14-9-8-12(10-21(14)20-13)18-15(16-4-2)17-11-6-5-7-11;/h11-12H,3-10H2,1-2H3,(H2,16,17,18);1H. The van der Waals surface area contributed by atoms with E-state index in [1.165, 1.54) is 19.3 Å². The molecule has 1 saturated carbocycles. The number of halogens is 1. The Hall–Kier alpha value is -0.860. The molecule has 1 aromatic heterocycles. The van der Waals surface area contributed by atoms with Crippen molar-refractivity contribution < 1.29 is 0 Å². The topological polar surface area (TPSA) is 67.1 Å². The molecule has 0 bridgehead atoms. The third-order valence-electron chi connectivity index (χ3n) is 4.32. The lowest BCUT2D eigenvalue weighted by molar-refractivity contribution is 0.363. The van der Waals surface area contributed by atoms with Crippen molar-refractivity contribution in [2.75, 3.05) is 6.54 Å². The summed E-state index contributed by atoms with van der Waals surface area (Å²) in [6, 6.07) is 1.00. The van der Waals surface area contributed by atoms with Crippen molar-refractivity contribution in [1.82, 2.24) is 25.4 Å². The Morgan fingerprint density at radius 2 is 2.00 bits per heavy atom. The minimum atomic E-state index is 0. The van der Waals surface area contributed by atoms with E-state index in [-0.39, 0.29) is 24.0 Å². The Kier molecular flexibility index (Phi) is 6.46. The van der Waals surface area contributed by atoms with E-state index in [4.69, 9.17) is 0 Å². The zero-order chi connectivity index (χ0) is 14.7. The molecule has 0 saturated heterocycles. The van der Waals surface area contributed by atoms with Crippen LogP contribution in [0.15, 0.2) is 4.99 Å². The summed E-state index contributed by atoms with van der Waals surface area (Å²) in [5, 5.41) is 11.7. The number of aryl methyl sites for hydroxylation is 2. The van der Waals surface area contributed by atoms with Crippen LogP contribution < -0.4 is 10.6 Å². The van der Waals surface area contributed by atoms with Gasteiger partial charge in [0.25, 0.3) is 0 Å². The lowest BCUT2D eigenvalue weighted by Crippen LogP contribution is -2.51. The maximum Gasteiger partial charge on any atom is 0.191 e. The summed E-state index contributed by atoms with van der Waals surface area (Å²) in [5.74, 6) is 3.05. The average Bonchev–Trinajstić information content (AvgIpc) is 2.85. The summed E-state index contributed by atoms with van der Waals surface area (Å²) >= 11 is 0. The summed E-state index contributed by atoms with van der Waals surface area (Å²) in [6.07, 6.45) is 6.86. The summed E-state index contributed by atoms with van der Waals surface area (Å²) < 4.78 is 2.06. The molecule has 0 aromatic carbocycles. The lowest BCUT2D eigenvalue weighted by Gasteiger charge is -2.31. The average molecular weight is 418 g/mol. The monoisotopic (exact) mass is 418 g/mol. The van der Waals surface area contributed by atoms with Gasteiger partial charge in [0.15, 0.2) is 11.8 Å². The summed E-state index contributed by atoms with van der Waals surface area (Å²) in [7, 11) is 0. The van der Waals surface area contributed by atoms with Gasteiger partial charge in [0.1, 0.15) is 5.82 Å². The largest absolute Gasteiger partial charge is 0.354 e. The Balaban J connectivity index is 0.00000176. The number of fused-ring (bicyclic) bond motifs is 1. The quantitative estimate of drug-likeness (QED) is 0.445. The Morgan fingerprint density at radius 1 is 1.23 bits per heavy atom. The van der Waals surface area contributed by atoms with E-state index in [0.717, 1.165) is 50.0 Å². The van der Waals surface area contributed by atoms with E-state index in [2.05, 4.69) is 44.2 Å². The zero-order valence-electron chi connectivity index (χ0n) is 13.5. The first-order valence-electron chi connectivity index (χ1n) is 8.28. The van der Waals surface area contributed by atoms with Crippen molar-refractivity contribution in [3.8, 4) is 0 Å². The van der Waals surface area contributed by atoms with Gasteiger partial charge in [0.05, 0.1) is 6.54 Å². The molecule has 0 radical (unpaired) electrons. The van der Waals surface area contributed by atoms with Gasteiger partial charge in [-0.15, -0.1) is 24.0 Å². The first kappa shape index (κ1) is 17.5. The van der Waals surface area contributed by atoms with Crippen LogP contribution in [-0.4, -0.2) is 39.4 Å². The number of rotatable bonds is 4. The van der Waals surface area contributed by atoms with Gasteiger partial charge in [-0.05, 0) is 32.6 Å². The SMILES string of the molecule is CCN=C(NC1CCC1)NC1CCc2nc(CC)nn2C1.I. The molecule has 1 atom stereocenters. The van der Waals surface area contributed by atoms with Crippen LogP contribution in [0.1, 0.15) is 51.2 Å². The van der Waals surface area contributed by atoms with E-state index in [1.54, 1.807) is 0 Å². The van der Waals surface area contributed by atoms with E-state index in [1.807, 2.05) is 0 Å². The molecule has 6 nitrogen and oxygen atoms in total. The highest BCUT2D eigenvalue weighted by Crippen LogP contribution is 2.18. The number of guanidine groups is 1. The van der Waals surface area contributed by atoms with Gasteiger partial charge in [0, 0.05) is 31.5 Å². The molecule has 22 heavy (non-hydrogen) atoms. The predicted octanol–water partition coefficient (Wildman–Crippen LogP) is 1.88. The van der Waals surface area contributed by atoms with Crippen LogP contribution in [0.5, 0.6) is 0 Å². The van der Waals surface area contributed by atoms with Gasteiger partial charge in [-0.3, -0.25) is 4.99 Å². The molecule has 2 aliphatic rings. The van der Waals surface area contributed by atoms with E-state index < -0.39 is 0 Å². The van der Waals surface area contributed by atoms with E-state index in [0.29, 0.717) is 12.1 Å². The number of nitrogens with one attached hydrogen (secondary N) is 2. The zero-order valence-corrected chi connectivity index (χ0v) is 15.8. The highest BCUT2D eigenvalue weighted by Gasteiger charge is 2.24. The molecule has 2 heterocycles. The van der Waals surface area contributed by atoms with Crippen molar-refractivity contribution in [2.45, 2.75) is 71.0 Å². The fraction of sp³-hybridized carbons (Fsp3) is 0.800. The second-order valence-corrected chi connectivity index (χ2v) is 5.95. The Morgan fingerprint density at radius 3 is 2.64 bits per heavy atom. The second kappa shape index (κ2) is 8.12. The van der Waals surface area contributed by atoms with Gasteiger partial charge >= 0.3 is 0 Å². The van der Waals surface area contributed by atoms with Crippen LogP contribution in [0, 0.1) is 0 Å². The maximum atomic E-state index is 4.57.